The summed E-state index contributed by atoms with van der Waals surface area (Å²) in [5.74, 6) is -0.908. The van der Waals surface area contributed by atoms with Crippen LogP contribution in [0.15, 0.2) is 18.2 Å². The average molecular weight is 338 g/mol. The van der Waals surface area contributed by atoms with Gasteiger partial charge in [0.2, 0.25) is 0 Å². The van der Waals surface area contributed by atoms with Crippen LogP contribution < -0.4 is 10.1 Å². The molecule has 0 saturated heterocycles. The number of aliphatic hydroxyl groups is 2. The number of amides is 2. The summed E-state index contributed by atoms with van der Waals surface area (Å²) in [6, 6.07) is 5.23. The minimum Gasteiger partial charge on any atom is -0.494 e. The zero-order chi connectivity index (χ0) is 18.1. The monoisotopic (exact) mass is 338 g/mol. The van der Waals surface area contributed by atoms with Gasteiger partial charge in [-0.05, 0) is 26.8 Å². The number of hydrogen-bond donors (Lipinski definition) is 3. The normalized spacial score (nSPS) is 11.7. The second-order valence-electron chi connectivity index (χ2n) is 5.41. The first-order valence-corrected chi connectivity index (χ1v) is 7.99. The molecule has 1 aromatic carbocycles. The van der Waals surface area contributed by atoms with Gasteiger partial charge in [-0.25, -0.2) is 0 Å². The number of aryl methyl sites for hydroxylation is 1. The van der Waals surface area contributed by atoms with Gasteiger partial charge in [0.25, 0.3) is 0 Å². The van der Waals surface area contributed by atoms with Crippen molar-refractivity contribution in [3.05, 3.63) is 29.3 Å². The maximum Gasteiger partial charge on any atom is 0.312 e. The van der Waals surface area contributed by atoms with Crippen molar-refractivity contribution < 1.29 is 24.5 Å². The van der Waals surface area contributed by atoms with E-state index in [0.29, 0.717) is 12.4 Å². The van der Waals surface area contributed by atoms with Crippen molar-refractivity contribution in [3.8, 4) is 5.75 Å². The third kappa shape index (κ3) is 5.50. The Labute approximate surface area is 142 Å². The van der Waals surface area contributed by atoms with Crippen LogP contribution in [0, 0.1) is 6.92 Å². The summed E-state index contributed by atoms with van der Waals surface area (Å²) in [7, 11) is 0. The maximum absolute atomic E-state index is 12.2. The largest absolute Gasteiger partial charge is 0.494 e. The maximum atomic E-state index is 12.2. The van der Waals surface area contributed by atoms with Gasteiger partial charge in [0.1, 0.15) is 5.75 Å². The van der Waals surface area contributed by atoms with Crippen LogP contribution in [0.25, 0.3) is 0 Å². The van der Waals surface area contributed by atoms with E-state index < -0.39 is 17.9 Å². The molecule has 0 aliphatic rings. The number of benzene rings is 1. The molecule has 0 fully saturated rings. The van der Waals surface area contributed by atoms with E-state index in [2.05, 4.69) is 5.32 Å². The Balaban J connectivity index is 2.86. The first-order chi connectivity index (χ1) is 11.4. The minimum absolute atomic E-state index is 0.00413. The van der Waals surface area contributed by atoms with Crippen LogP contribution in [0.2, 0.25) is 0 Å². The molecule has 0 spiro atoms. The Morgan fingerprint density at radius 3 is 2.42 bits per heavy atom. The number of rotatable bonds is 8. The van der Waals surface area contributed by atoms with Crippen molar-refractivity contribution in [2.75, 3.05) is 32.9 Å². The lowest BCUT2D eigenvalue weighted by Crippen LogP contribution is -2.45. The van der Waals surface area contributed by atoms with Gasteiger partial charge in [-0.1, -0.05) is 17.7 Å². The molecule has 0 aliphatic carbocycles. The minimum atomic E-state index is -0.784. The van der Waals surface area contributed by atoms with Gasteiger partial charge in [0.15, 0.2) is 0 Å². The summed E-state index contributed by atoms with van der Waals surface area (Å²) in [4.78, 5) is 25.4. The fourth-order valence-corrected chi connectivity index (χ4v) is 2.33. The highest BCUT2D eigenvalue weighted by Crippen LogP contribution is 2.26. The second-order valence-corrected chi connectivity index (χ2v) is 5.41. The van der Waals surface area contributed by atoms with Gasteiger partial charge in [-0.15, -0.1) is 0 Å². The highest BCUT2D eigenvalue weighted by Gasteiger charge is 2.24. The Morgan fingerprint density at radius 1 is 1.25 bits per heavy atom. The number of aliphatic hydroxyl groups excluding tert-OH is 2. The van der Waals surface area contributed by atoms with Gasteiger partial charge in [0, 0.05) is 18.7 Å². The van der Waals surface area contributed by atoms with E-state index in [4.69, 9.17) is 14.9 Å². The van der Waals surface area contributed by atoms with Crippen molar-refractivity contribution in [3.63, 3.8) is 0 Å². The van der Waals surface area contributed by atoms with E-state index in [0.717, 1.165) is 16.0 Å². The van der Waals surface area contributed by atoms with Crippen LogP contribution in [0.1, 0.15) is 31.0 Å². The highest BCUT2D eigenvalue weighted by atomic mass is 16.5. The number of ether oxygens (including phenoxy) is 1. The fourth-order valence-electron chi connectivity index (χ4n) is 2.33. The zero-order valence-electron chi connectivity index (χ0n) is 14.4. The molecule has 134 valence electrons. The van der Waals surface area contributed by atoms with E-state index in [1.807, 2.05) is 32.0 Å². The molecule has 24 heavy (non-hydrogen) atoms. The lowest BCUT2D eigenvalue weighted by Gasteiger charge is -2.22. The van der Waals surface area contributed by atoms with Gasteiger partial charge >= 0.3 is 11.8 Å². The standard InChI is InChI=1S/C17H26N2O5/c1-4-24-15-6-5-12(2)11-14(15)13(3)18-16(22)17(23)19(7-9-20)8-10-21/h5-6,11,13,20-21H,4,7-10H2,1-3H3,(H,18,22). The SMILES string of the molecule is CCOc1ccc(C)cc1C(C)NC(=O)C(=O)N(CCO)CCO. The summed E-state index contributed by atoms with van der Waals surface area (Å²) in [5, 5.41) is 20.6. The molecule has 1 atom stereocenters. The van der Waals surface area contributed by atoms with Crippen LogP contribution in [-0.2, 0) is 9.59 Å². The number of hydrogen-bond acceptors (Lipinski definition) is 5. The molecule has 2 amide bonds. The smallest absolute Gasteiger partial charge is 0.312 e. The second kappa shape index (κ2) is 9.89. The van der Waals surface area contributed by atoms with Gasteiger partial charge in [-0.2, -0.15) is 0 Å². The highest BCUT2D eigenvalue weighted by molar-refractivity contribution is 6.35. The lowest BCUT2D eigenvalue weighted by atomic mass is 10.0. The lowest BCUT2D eigenvalue weighted by molar-refractivity contribution is -0.146. The van der Waals surface area contributed by atoms with Gasteiger partial charge in [0.05, 0.1) is 25.9 Å². The quantitative estimate of drug-likeness (QED) is 0.595. The zero-order valence-corrected chi connectivity index (χ0v) is 14.4. The first-order valence-electron chi connectivity index (χ1n) is 7.99. The summed E-state index contributed by atoms with van der Waals surface area (Å²) in [6.07, 6.45) is 0. The van der Waals surface area contributed by atoms with Crippen molar-refractivity contribution in [2.24, 2.45) is 0 Å². The van der Waals surface area contributed by atoms with E-state index in [1.165, 1.54) is 0 Å². The summed E-state index contributed by atoms with van der Waals surface area (Å²) in [6.45, 7) is 5.51. The molecule has 1 aromatic rings. The van der Waals surface area contributed by atoms with E-state index in [1.54, 1.807) is 6.92 Å². The fraction of sp³-hybridized carbons (Fsp3) is 0.529. The van der Waals surface area contributed by atoms with Crippen molar-refractivity contribution in [1.82, 2.24) is 10.2 Å². The van der Waals surface area contributed by atoms with Crippen LogP contribution in [-0.4, -0.2) is 59.8 Å². The molecule has 0 saturated carbocycles. The summed E-state index contributed by atoms with van der Waals surface area (Å²) >= 11 is 0. The third-order valence-electron chi connectivity index (χ3n) is 3.50. The van der Waals surface area contributed by atoms with Gasteiger partial charge < -0.3 is 25.2 Å². The molecule has 0 aliphatic heterocycles. The molecule has 3 N–H and O–H groups in total. The van der Waals surface area contributed by atoms with Crippen LogP contribution in [0.3, 0.4) is 0 Å². The molecule has 1 unspecified atom stereocenters. The van der Waals surface area contributed by atoms with E-state index in [9.17, 15) is 9.59 Å². The van der Waals surface area contributed by atoms with Crippen molar-refractivity contribution in [1.29, 1.82) is 0 Å². The molecule has 0 bridgehead atoms. The molecule has 0 heterocycles. The molecule has 1 rings (SSSR count). The number of nitrogens with one attached hydrogen (secondary N) is 1. The Kier molecular flexibility index (Phi) is 8.21. The van der Waals surface area contributed by atoms with Crippen LogP contribution in [0.5, 0.6) is 5.75 Å². The molecular weight excluding hydrogens is 312 g/mol. The summed E-state index contributed by atoms with van der Waals surface area (Å²) < 4.78 is 5.57. The molecular formula is C17H26N2O5. The Bertz CT molecular complexity index is 556. The van der Waals surface area contributed by atoms with Gasteiger partial charge in [-0.3, -0.25) is 9.59 Å². The predicted molar refractivity (Wildman–Crippen MR) is 89.7 cm³/mol. The number of carbonyl (C=O) groups is 2. The molecule has 7 nitrogen and oxygen atoms in total. The number of nitrogens with zero attached hydrogens (tertiary/aromatic N) is 1. The van der Waals surface area contributed by atoms with Crippen LogP contribution >= 0.6 is 0 Å². The van der Waals surface area contributed by atoms with Crippen molar-refractivity contribution >= 4 is 11.8 Å². The topological polar surface area (TPSA) is 99.1 Å². The predicted octanol–water partition coefficient (Wildman–Crippen LogP) is 0.384. The Hall–Kier alpha value is -2.12. The van der Waals surface area contributed by atoms with E-state index >= 15 is 0 Å². The molecule has 0 aromatic heterocycles. The third-order valence-corrected chi connectivity index (χ3v) is 3.50. The Morgan fingerprint density at radius 2 is 1.88 bits per heavy atom. The van der Waals surface area contributed by atoms with Crippen molar-refractivity contribution in [2.45, 2.75) is 26.8 Å². The summed E-state index contributed by atoms with van der Waals surface area (Å²) in [5.41, 5.74) is 1.80. The molecule has 7 heteroatoms. The van der Waals surface area contributed by atoms with E-state index in [-0.39, 0.29) is 26.3 Å². The number of carbonyl (C=O) groups excluding carboxylic acids is 2. The average Bonchev–Trinajstić information content (AvgIpc) is 2.55. The first kappa shape index (κ1) is 19.9. The van der Waals surface area contributed by atoms with Crippen LogP contribution in [0.4, 0.5) is 0 Å². The molecule has 0 radical (unpaired) electrons.